The summed E-state index contributed by atoms with van der Waals surface area (Å²) in [6.45, 7) is 0. The molecule has 4 nitrogen and oxygen atoms in total. The first-order chi connectivity index (χ1) is 8.01. The number of allylic oxidation sites excluding steroid dienone is 2. The van der Waals surface area contributed by atoms with Gasteiger partial charge in [0.2, 0.25) is 0 Å². The van der Waals surface area contributed by atoms with E-state index in [1.54, 1.807) is 6.08 Å². The van der Waals surface area contributed by atoms with Crippen molar-refractivity contribution in [3.8, 4) is 0 Å². The molecule has 0 aromatic heterocycles. The Bertz CT molecular complexity index is 503. The van der Waals surface area contributed by atoms with E-state index in [1.807, 2.05) is 30.3 Å². The number of hydrogen-bond donors (Lipinski definition) is 3. The maximum absolute atomic E-state index is 10.9. The zero-order chi connectivity index (χ0) is 12.5. The van der Waals surface area contributed by atoms with Crippen LogP contribution in [0.4, 0.5) is 5.69 Å². The highest BCUT2D eigenvalue weighted by Gasteiger charge is 2.31. The van der Waals surface area contributed by atoms with Crippen LogP contribution in [0, 0.1) is 0 Å². The molecule has 0 amide bonds. The van der Waals surface area contributed by atoms with Crippen molar-refractivity contribution in [1.82, 2.24) is 0 Å². The lowest BCUT2D eigenvalue weighted by Crippen LogP contribution is -2.46. The molecule has 1 aliphatic carbocycles. The Kier molecular flexibility index (Phi) is 2.73. The topological polar surface area (TPSA) is 89.3 Å². The molecule has 2 rings (SSSR count). The van der Waals surface area contributed by atoms with Gasteiger partial charge in [-0.1, -0.05) is 30.4 Å². The molecular weight excluding hydrogens is 216 g/mol. The minimum Gasteiger partial charge on any atom is -0.480 e. The van der Waals surface area contributed by atoms with Crippen LogP contribution in [-0.4, -0.2) is 16.6 Å². The van der Waals surface area contributed by atoms with Gasteiger partial charge in [0, 0.05) is 5.69 Å². The average Bonchev–Trinajstić information content (AvgIpc) is 2.31. The minimum absolute atomic E-state index is 0.290. The van der Waals surface area contributed by atoms with Crippen molar-refractivity contribution in [2.45, 2.75) is 12.0 Å². The molecule has 0 saturated heterocycles. The van der Waals surface area contributed by atoms with Gasteiger partial charge in [-0.25, -0.2) is 4.79 Å². The molecule has 0 saturated carbocycles. The van der Waals surface area contributed by atoms with Crippen molar-refractivity contribution in [3.63, 3.8) is 0 Å². The fourth-order valence-electron chi connectivity index (χ4n) is 1.70. The van der Waals surface area contributed by atoms with Crippen LogP contribution in [0.2, 0.25) is 0 Å². The van der Waals surface area contributed by atoms with Crippen molar-refractivity contribution < 1.29 is 9.90 Å². The second-order valence-electron chi connectivity index (χ2n) is 4.16. The lowest BCUT2D eigenvalue weighted by Gasteiger charge is -2.23. The smallest absolute Gasteiger partial charge is 0.328 e. The van der Waals surface area contributed by atoms with Crippen molar-refractivity contribution >= 4 is 17.2 Å². The van der Waals surface area contributed by atoms with E-state index in [1.165, 1.54) is 6.08 Å². The third kappa shape index (κ3) is 2.21. The van der Waals surface area contributed by atoms with Gasteiger partial charge in [-0.15, -0.1) is 0 Å². The zero-order valence-electron chi connectivity index (χ0n) is 9.26. The van der Waals surface area contributed by atoms with Crippen LogP contribution in [0.1, 0.15) is 12.0 Å². The number of benzene rings is 1. The Morgan fingerprint density at radius 1 is 1.29 bits per heavy atom. The van der Waals surface area contributed by atoms with E-state index in [9.17, 15) is 4.79 Å². The Morgan fingerprint density at radius 3 is 2.41 bits per heavy atom. The molecule has 0 radical (unpaired) electrons. The Morgan fingerprint density at radius 2 is 1.94 bits per heavy atom. The van der Waals surface area contributed by atoms with E-state index in [4.69, 9.17) is 16.6 Å². The molecule has 88 valence electrons. The van der Waals surface area contributed by atoms with Crippen molar-refractivity contribution in [3.05, 3.63) is 48.1 Å². The van der Waals surface area contributed by atoms with Crippen molar-refractivity contribution in [1.29, 1.82) is 0 Å². The fraction of sp³-hybridized carbons (Fsp3) is 0.154. The summed E-state index contributed by atoms with van der Waals surface area (Å²) in [5.74, 6) is -1.01. The predicted molar refractivity (Wildman–Crippen MR) is 67.1 cm³/mol. The molecule has 4 heteroatoms. The molecule has 0 heterocycles. The molecule has 1 unspecified atom stereocenters. The van der Waals surface area contributed by atoms with Gasteiger partial charge in [0.25, 0.3) is 0 Å². The molecule has 5 N–H and O–H groups in total. The van der Waals surface area contributed by atoms with Gasteiger partial charge < -0.3 is 16.6 Å². The summed E-state index contributed by atoms with van der Waals surface area (Å²) in [6, 6.07) is 7.42. The second-order valence-corrected chi connectivity index (χ2v) is 4.16. The quantitative estimate of drug-likeness (QED) is 0.670. The summed E-state index contributed by atoms with van der Waals surface area (Å²) in [5, 5.41) is 8.97. The summed E-state index contributed by atoms with van der Waals surface area (Å²) in [4.78, 5) is 10.9. The van der Waals surface area contributed by atoms with Crippen LogP contribution in [0.25, 0.3) is 5.57 Å². The Hall–Kier alpha value is -2.07. The number of carbonyl (C=O) groups is 1. The second kappa shape index (κ2) is 4.07. The van der Waals surface area contributed by atoms with Crippen LogP contribution < -0.4 is 11.5 Å². The number of nitrogens with two attached hydrogens (primary N) is 2. The van der Waals surface area contributed by atoms with E-state index in [2.05, 4.69) is 0 Å². The van der Waals surface area contributed by atoms with Gasteiger partial charge in [-0.2, -0.15) is 0 Å². The normalized spacial score (nSPS) is 23.2. The van der Waals surface area contributed by atoms with Crippen molar-refractivity contribution in [2.24, 2.45) is 5.73 Å². The van der Waals surface area contributed by atoms with E-state index >= 15 is 0 Å². The third-order valence-electron chi connectivity index (χ3n) is 2.86. The van der Waals surface area contributed by atoms with Crippen LogP contribution in [-0.2, 0) is 4.79 Å². The average molecular weight is 230 g/mol. The summed E-state index contributed by atoms with van der Waals surface area (Å²) in [6.07, 6.45) is 5.39. The lowest BCUT2D eigenvalue weighted by atomic mass is 9.87. The number of aliphatic carboxylic acids is 1. The van der Waals surface area contributed by atoms with E-state index in [0.717, 1.165) is 11.1 Å². The first-order valence-electron chi connectivity index (χ1n) is 5.29. The molecule has 0 fully saturated rings. The van der Waals surface area contributed by atoms with Gasteiger partial charge in [0.15, 0.2) is 0 Å². The monoisotopic (exact) mass is 230 g/mol. The van der Waals surface area contributed by atoms with E-state index in [0.29, 0.717) is 12.1 Å². The van der Waals surface area contributed by atoms with Gasteiger partial charge in [-0.3, -0.25) is 0 Å². The molecular formula is C13H14N2O2. The highest BCUT2D eigenvalue weighted by molar-refractivity contribution is 5.86. The maximum atomic E-state index is 10.9. The van der Waals surface area contributed by atoms with E-state index in [-0.39, 0.29) is 0 Å². The number of anilines is 1. The Labute approximate surface area is 99.2 Å². The van der Waals surface area contributed by atoms with Crippen LogP contribution in [0.3, 0.4) is 0 Å². The van der Waals surface area contributed by atoms with Gasteiger partial charge in [0.05, 0.1) is 0 Å². The molecule has 0 aliphatic heterocycles. The number of carboxylic acids is 1. The number of carboxylic acid groups (broad SMARTS) is 1. The standard InChI is InChI=1S/C13H14N2O2/c14-11-3-1-9(2-4-11)10-5-7-13(15,8-6-10)12(16)17/h1-7H,8,14-15H2,(H,16,17). The number of nitrogen functional groups attached to an aromatic ring is 1. The van der Waals surface area contributed by atoms with Gasteiger partial charge >= 0.3 is 5.97 Å². The van der Waals surface area contributed by atoms with Crippen molar-refractivity contribution in [2.75, 3.05) is 5.73 Å². The molecule has 0 bridgehead atoms. The highest BCUT2D eigenvalue weighted by atomic mass is 16.4. The van der Waals surface area contributed by atoms with E-state index < -0.39 is 11.5 Å². The summed E-state index contributed by atoms with van der Waals surface area (Å²) in [5.41, 5.74) is 12.7. The summed E-state index contributed by atoms with van der Waals surface area (Å²) in [7, 11) is 0. The third-order valence-corrected chi connectivity index (χ3v) is 2.86. The minimum atomic E-state index is -1.28. The first kappa shape index (κ1) is 11.4. The highest BCUT2D eigenvalue weighted by Crippen LogP contribution is 2.26. The zero-order valence-corrected chi connectivity index (χ0v) is 9.26. The number of hydrogen-bond acceptors (Lipinski definition) is 3. The van der Waals surface area contributed by atoms with Crippen LogP contribution >= 0.6 is 0 Å². The molecule has 1 aromatic carbocycles. The first-order valence-corrected chi connectivity index (χ1v) is 5.29. The maximum Gasteiger partial charge on any atom is 0.328 e. The van der Waals surface area contributed by atoms with Gasteiger partial charge in [0.1, 0.15) is 5.54 Å². The Balaban J connectivity index is 2.23. The lowest BCUT2D eigenvalue weighted by molar-refractivity contribution is -0.141. The molecule has 1 aliphatic rings. The molecule has 1 atom stereocenters. The molecule has 0 spiro atoms. The van der Waals surface area contributed by atoms with Crippen LogP contribution in [0.15, 0.2) is 42.5 Å². The summed E-state index contributed by atoms with van der Waals surface area (Å²) < 4.78 is 0. The largest absolute Gasteiger partial charge is 0.480 e. The predicted octanol–water partition coefficient (Wildman–Crippen LogP) is 1.39. The number of rotatable bonds is 2. The fourth-order valence-corrected chi connectivity index (χ4v) is 1.70. The molecule has 1 aromatic rings. The summed E-state index contributed by atoms with van der Waals surface area (Å²) >= 11 is 0. The molecule has 17 heavy (non-hydrogen) atoms. The SMILES string of the molecule is Nc1ccc(C2=CCC(N)(C(=O)O)C=C2)cc1. The van der Waals surface area contributed by atoms with Gasteiger partial charge in [-0.05, 0) is 29.7 Å². The van der Waals surface area contributed by atoms with Crippen LogP contribution in [0.5, 0.6) is 0 Å².